The van der Waals surface area contributed by atoms with Crippen LogP contribution >= 0.6 is 11.6 Å². The molecule has 0 bridgehead atoms. The number of carbonyl (C=O) groups is 1. The molecule has 1 aliphatic heterocycles. The number of aromatic nitrogens is 1. The maximum Gasteiger partial charge on any atom is 0.255 e. The van der Waals surface area contributed by atoms with Crippen molar-refractivity contribution in [2.45, 2.75) is 19.9 Å². The number of rotatable bonds is 2. The molecule has 0 aliphatic carbocycles. The fourth-order valence-corrected chi connectivity index (χ4v) is 4.52. The molecule has 1 aliphatic rings. The molecule has 148 valence electrons. The average molecular weight is 413 g/mol. The Hall–Kier alpha value is -3.17. The number of pyridine rings is 1. The van der Waals surface area contributed by atoms with Gasteiger partial charge in [-0.05, 0) is 48.2 Å². The van der Waals surface area contributed by atoms with E-state index in [9.17, 15) is 4.79 Å². The molecule has 0 N–H and O–H groups in total. The van der Waals surface area contributed by atoms with E-state index in [1.807, 2.05) is 66.4 Å². The molecule has 1 aromatic heterocycles. The van der Waals surface area contributed by atoms with Crippen LogP contribution in [0.4, 0.5) is 0 Å². The van der Waals surface area contributed by atoms with Crippen LogP contribution in [0.25, 0.3) is 22.2 Å². The summed E-state index contributed by atoms with van der Waals surface area (Å²) in [7, 11) is 0. The lowest BCUT2D eigenvalue weighted by Gasteiger charge is -2.30. The van der Waals surface area contributed by atoms with Gasteiger partial charge in [0, 0.05) is 29.1 Å². The van der Waals surface area contributed by atoms with Gasteiger partial charge in [-0.3, -0.25) is 4.79 Å². The fourth-order valence-electron chi connectivity index (χ4n) is 4.33. The van der Waals surface area contributed by atoms with Gasteiger partial charge >= 0.3 is 0 Å². The molecule has 0 saturated heterocycles. The molecule has 3 aromatic carbocycles. The first kappa shape index (κ1) is 18.8. The summed E-state index contributed by atoms with van der Waals surface area (Å²) >= 11 is 6.23. The van der Waals surface area contributed by atoms with Gasteiger partial charge < -0.3 is 4.90 Å². The van der Waals surface area contributed by atoms with E-state index in [2.05, 4.69) is 18.2 Å². The standard InChI is InChI=1S/C26H21ClN2O/c1-17-24(26(30)29-14-13-18-7-2-3-8-20(18)16-29)22-11-4-5-12-23(22)28-25(17)19-9-6-10-21(27)15-19/h2-12,15H,13-14,16H2,1H3. The highest BCUT2D eigenvalue weighted by molar-refractivity contribution is 6.30. The van der Waals surface area contributed by atoms with Crippen molar-refractivity contribution in [1.29, 1.82) is 0 Å². The topological polar surface area (TPSA) is 33.2 Å². The number of carbonyl (C=O) groups excluding carboxylic acids is 1. The summed E-state index contributed by atoms with van der Waals surface area (Å²) in [4.78, 5) is 20.6. The molecule has 2 heterocycles. The third-order valence-corrected chi connectivity index (χ3v) is 6.10. The lowest BCUT2D eigenvalue weighted by molar-refractivity contribution is 0.0736. The van der Waals surface area contributed by atoms with Crippen LogP contribution in [0, 0.1) is 6.92 Å². The zero-order chi connectivity index (χ0) is 20.7. The van der Waals surface area contributed by atoms with E-state index in [-0.39, 0.29) is 5.91 Å². The van der Waals surface area contributed by atoms with Crippen LogP contribution in [0.1, 0.15) is 27.0 Å². The van der Waals surface area contributed by atoms with E-state index in [0.29, 0.717) is 11.6 Å². The van der Waals surface area contributed by atoms with Gasteiger partial charge in [-0.25, -0.2) is 4.98 Å². The number of hydrogen-bond donors (Lipinski definition) is 0. The summed E-state index contributed by atoms with van der Waals surface area (Å²) in [6, 6.07) is 23.9. The smallest absolute Gasteiger partial charge is 0.255 e. The Balaban J connectivity index is 1.65. The normalized spacial score (nSPS) is 13.3. The Labute approximate surface area is 180 Å². The highest BCUT2D eigenvalue weighted by Gasteiger charge is 2.26. The third-order valence-electron chi connectivity index (χ3n) is 5.87. The van der Waals surface area contributed by atoms with Crippen molar-refractivity contribution in [3.05, 3.63) is 100 Å². The molecule has 1 amide bonds. The Morgan fingerprint density at radius 1 is 0.967 bits per heavy atom. The first-order chi connectivity index (χ1) is 14.6. The minimum atomic E-state index is 0.0591. The van der Waals surface area contributed by atoms with Gasteiger partial charge in [0.25, 0.3) is 5.91 Å². The molecule has 0 radical (unpaired) electrons. The number of nitrogens with zero attached hydrogens (tertiary/aromatic N) is 2. The zero-order valence-electron chi connectivity index (χ0n) is 16.7. The molecule has 4 heteroatoms. The van der Waals surface area contributed by atoms with E-state index in [1.54, 1.807) is 0 Å². The number of amides is 1. The second-order valence-electron chi connectivity index (χ2n) is 7.73. The van der Waals surface area contributed by atoms with Crippen molar-refractivity contribution in [3.8, 4) is 11.3 Å². The van der Waals surface area contributed by atoms with Crippen LogP contribution in [-0.4, -0.2) is 22.3 Å². The average Bonchev–Trinajstić information content (AvgIpc) is 2.78. The Morgan fingerprint density at radius 3 is 2.57 bits per heavy atom. The lowest BCUT2D eigenvalue weighted by Crippen LogP contribution is -2.36. The van der Waals surface area contributed by atoms with E-state index in [1.165, 1.54) is 11.1 Å². The van der Waals surface area contributed by atoms with Crippen LogP contribution in [0.5, 0.6) is 0 Å². The van der Waals surface area contributed by atoms with Crippen LogP contribution in [-0.2, 0) is 13.0 Å². The second kappa shape index (κ2) is 7.58. The van der Waals surface area contributed by atoms with Gasteiger partial charge in [0.15, 0.2) is 0 Å². The minimum absolute atomic E-state index is 0.0591. The van der Waals surface area contributed by atoms with Gasteiger partial charge in [0.05, 0.1) is 16.8 Å². The predicted molar refractivity (Wildman–Crippen MR) is 122 cm³/mol. The van der Waals surface area contributed by atoms with Gasteiger partial charge in [-0.1, -0.05) is 66.2 Å². The van der Waals surface area contributed by atoms with E-state index >= 15 is 0 Å². The number of hydrogen-bond acceptors (Lipinski definition) is 2. The number of halogens is 1. The van der Waals surface area contributed by atoms with E-state index in [0.717, 1.165) is 46.3 Å². The molecule has 0 fully saturated rings. The lowest BCUT2D eigenvalue weighted by atomic mass is 9.95. The van der Waals surface area contributed by atoms with Gasteiger partial charge in [0.1, 0.15) is 0 Å². The van der Waals surface area contributed by atoms with Gasteiger partial charge in [-0.15, -0.1) is 0 Å². The molecular weight excluding hydrogens is 392 g/mol. The molecule has 0 spiro atoms. The largest absolute Gasteiger partial charge is 0.334 e. The summed E-state index contributed by atoms with van der Waals surface area (Å²) in [6.45, 7) is 3.34. The molecular formula is C26H21ClN2O. The maximum absolute atomic E-state index is 13.8. The summed E-state index contributed by atoms with van der Waals surface area (Å²) in [5.41, 5.74) is 6.72. The summed E-state index contributed by atoms with van der Waals surface area (Å²) < 4.78 is 0. The van der Waals surface area contributed by atoms with Crippen LogP contribution < -0.4 is 0 Å². The molecule has 3 nitrogen and oxygen atoms in total. The predicted octanol–water partition coefficient (Wildman–Crippen LogP) is 6.06. The Bertz CT molecular complexity index is 1280. The first-order valence-corrected chi connectivity index (χ1v) is 10.5. The van der Waals surface area contributed by atoms with Crippen molar-refractivity contribution in [2.24, 2.45) is 0 Å². The zero-order valence-corrected chi connectivity index (χ0v) is 17.5. The maximum atomic E-state index is 13.8. The Morgan fingerprint density at radius 2 is 1.73 bits per heavy atom. The molecule has 4 aromatic rings. The third kappa shape index (κ3) is 3.25. The minimum Gasteiger partial charge on any atom is -0.334 e. The highest BCUT2D eigenvalue weighted by atomic mass is 35.5. The molecule has 30 heavy (non-hydrogen) atoms. The number of benzene rings is 3. The van der Waals surface area contributed by atoms with Crippen molar-refractivity contribution < 1.29 is 4.79 Å². The Kier molecular flexibility index (Phi) is 4.76. The van der Waals surface area contributed by atoms with E-state index in [4.69, 9.17) is 16.6 Å². The number of para-hydroxylation sites is 1. The first-order valence-electron chi connectivity index (χ1n) is 10.1. The summed E-state index contributed by atoms with van der Waals surface area (Å²) in [5, 5.41) is 1.55. The molecule has 5 rings (SSSR count). The molecule has 0 unspecified atom stereocenters. The number of fused-ring (bicyclic) bond motifs is 2. The van der Waals surface area contributed by atoms with Crippen LogP contribution in [0.2, 0.25) is 5.02 Å². The van der Waals surface area contributed by atoms with Gasteiger partial charge in [0.2, 0.25) is 0 Å². The van der Waals surface area contributed by atoms with Gasteiger partial charge in [-0.2, -0.15) is 0 Å². The fraction of sp³-hybridized carbons (Fsp3) is 0.154. The quantitative estimate of drug-likeness (QED) is 0.400. The van der Waals surface area contributed by atoms with Crippen molar-refractivity contribution in [1.82, 2.24) is 9.88 Å². The highest BCUT2D eigenvalue weighted by Crippen LogP contribution is 2.32. The second-order valence-corrected chi connectivity index (χ2v) is 8.17. The monoisotopic (exact) mass is 412 g/mol. The summed E-state index contributed by atoms with van der Waals surface area (Å²) in [6.07, 6.45) is 0.880. The molecule has 0 atom stereocenters. The van der Waals surface area contributed by atoms with Crippen molar-refractivity contribution >= 4 is 28.4 Å². The SMILES string of the molecule is Cc1c(-c2cccc(Cl)c2)nc2ccccc2c1C(=O)N1CCc2ccccc2C1. The van der Waals surface area contributed by atoms with Crippen molar-refractivity contribution in [2.75, 3.05) is 6.54 Å². The molecule has 0 saturated carbocycles. The van der Waals surface area contributed by atoms with E-state index < -0.39 is 0 Å². The van der Waals surface area contributed by atoms with Crippen LogP contribution in [0.15, 0.2) is 72.8 Å². The van der Waals surface area contributed by atoms with Crippen LogP contribution in [0.3, 0.4) is 0 Å². The summed E-state index contributed by atoms with van der Waals surface area (Å²) in [5.74, 6) is 0.0591. The van der Waals surface area contributed by atoms with Crippen molar-refractivity contribution in [3.63, 3.8) is 0 Å².